The van der Waals surface area contributed by atoms with Gasteiger partial charge in [-0.2, -0.15) is 0 Å². The summed E-state index contributed by atoms with van der Waals surface area (Å²) in [6, 6.07) is 16.6. The molecule has 2 aliphatic heterocycles. The molecule has 2 fully saturated rings. The number of hydrogen-bond donors (Lipinski definition) is 2. The molecular formula is C40H52N6O4. The number of carbonyl (C=O) groups excluding carboxylic acids is 2. The van der Waals surface area contributed by atoms with Crippen LogP contribution in [-0.4, -0.2) is 65.2 Å². The molecule has 6 atom stereocenters. The quantitative estimate of drug-likeness (QED) is 0.217. The Morgan fingerprint density at radius 1 is 0.600 bits per heavy atom. The van der Waals surface area contributed by atoms with Crippen molar-refractivity contribution in [1.82, 2.24) is 29.7 Å². The number of nitrogens with one attached hydrogen (secondary N) is 2. The molecule has 10 nitrogen and oxygen atoms in total. The van der Waals surface area contributed by atoms with Crippen LogP contribution in [0.15, 0.2) is 60.9 Å². The predicted molar refractivity (Wildman–Crippen MR) is 195 cm³/mol. The number of hydrogen-bond acceptors (Lipinski definition) is 6. The van der Waals surface area contributed by atoms with Gasteiger partial charge in [0, 0.05) is 12.1 Å². The molecule has 0 spiro atoms. The van der Waals surface area contributed by atoms with Gasteiger partial charge in [0.2, 0.25) is 0 Å². The second kappa shape index (κ2) is 13.3. The summed E-state index contributed by atoms with van der Waals surface area (Å²) < 4.78 is 11.5. The minimum Gasteiger partial charge on any atom is -0.444 e. The molecule has 6 rings (SSSR count). The molecule has 4 aromatic rings. The summed E-state index contributed by atoms with van der Waals surface area (Å²) in [7, 11) is 0. The molecule has 2 aliphatic rings. The van der Waals surface area contributed by atoms with Gasteiger partial charge >= 0.3 is 12.2 Å². The van der Waals surface area contributed by atoms with E-state index >= 15 is 0 Å². The second-order valence-electron chi connectivity index (χ2n) is 16.2. The van der Waals surface area contributed by atoms with E-state index in [1.54, 1.807) is 0 Å². The molecule has 4 heterocycles. The average Bonchev–Trinajstić information content (AvgIpc) is 3.83. The van der Waals surface area contributed by atoms with Crippen LogP contribution in [-0.2, 0) is 9.47 Å². The van der Waals surface area contributed by atoms with Crippen LogP contribution in [0.25, 0.3) is 33.6 Å². The van der Waals surface area contributed by atoms with Crippen molar-refractivity contribution in [1.29, 1.82) is 0 Å². The van der Waals surface area contributed by atoms with Gasteiger partial charge in [-0.15, -0.1) is 0 Å². The number of likely N-dealkylation sites (tertiary alicyclic amines) is 2. The third-order valence-corrected chi connectivity index (χ3v) is 10.1. The average molecular weight is 681 g/mol. The number of aromatic nitrogens is 4. The zero-order valence-electron chi connectivity index (χ0n) is 31.1. The fraction of sp³-hybridized carbons (Fsp3) is 0.500. The second-order valence-corrected chi connectivity index (χ2v) is 16.2. The Hall–Kier alpha value is -4.60. The van der Waals surface area contributed by atoms with E-state index in [2.05, 4.69) is 86.2 Å². The standard InChI is InChI=1S/C40H52N6O4/c1-23-19-33(45(25(23)3)37(47)49-39(5,6)7)35-41-21-31(43-35)29-15-11-27(12-16-29)28-13-17-30(18-14-28)32-22-42-36(44-32)34-20-24(2)26(4)46(34)38(48)50-40(8,9)10/h11-18,21-26,33-34H,19-20H2,1-10H3,(H,41,43)(H,42,44)/t23?,24?,25-,26?,33?,34?/m0/s1. The van der Waals surface area contributed by atoms with Gasteiger partial charge in [-0.25, -0.2) is 19.6 Å². The molecular weight excluding hydrogens is 628 g/mol. The Morgan fingerprint density at radius 2 is 0.920 bits per heavy atom. The van der Waals surface area contributed by atoms with E-state index in [1.807, 2.05) is 63.7 Å². The molecule has 0 bridgehead atoms. The minimum atomic E-state index is -0.563. The Kier molecular flexibility index (Phi) is 9.35. The van der Waals surface area contributed by atoms with Crippen molar-refractivity contribution in [3.05, 3.63) is 72.6 Å². The van der Waals surface area contributed by atoms with E-state index in [1.165, 1.54) is 0 Å². The van der Waals surface area contributed by atoms with Crippen LogP contribution < -0.4 is 0 Å². The molecule has 266 valence electrons. The molecule has 50 heavy (non-hydrogen) atoms. The van der Waals surface area contributed by atoms with Gasteiger partial charge in [0.1, 0.15) is 22.9 Å². The smallest absolute Gasteiger partial charge is 0.411 e. The van der Waals surface area contributed by atoms with Crippen molar-refractivity contribution in [2.45, 2.75) is 117 Å². The van der Waals surface area contributed by atoms with Gasteiger partial charge in [-0.1, -0.05) is 62.4 Å². The van der Waals surface area contributed by atoms with E-state index in [9.17, 15) is 9.59 Å². The number of carbonyl (C=O) groups is 2. The number of benzene rings is 2. The fourth-order valence-electron chi connectivity index (χ4n) is 7.13. The summed E-state index contributed by atoms with van der Waals surface area (Å²) in [6.07, 6.45) is 4.74. The van der Waals surface area contributed by atoms with Crippen LogP contribution in [0.5, 0.6) is 0 Å². The highest BCUT2D eigenvalue weighted by molar-refractivity contribution is 5.73. The number of imidazole rings is 2. The molecule has 2 aromatic carbocycles. The number of H-pyrrole nitrogens is 2. The molecule has 2 saturated heterocycles. The first-order valence-corrected chi connectivity index (χ1v) is 17.8. The van der Waals surface area contributed by atoms with Gasteiger partial charge < -0.3 is 19.4 Å². The maximum atomic E-state index is 13.1. The van der Waals surface area contributed by atoms with E-state index in [4.69, 9.17) is 19.4 Å². The molecule has 0 radical (unpaired) electrons. The van der Waals surface area contributed by atoms with Crippen LogP contribution >= 0.6 is 0 Å². The van der Waals surface area contributed by atoms with Crippen LogP contribution in [0.1, 0.15) is 106 Å². The molecule has 2 N–H and O–H groups in total. The first-order valence-electron chi connectivity index (χ1n) is 17.8. The van der Waals surface area contributed by atoms with E-state index in [-0.39, 0.29) is 36.4 Å². The monoisotopic (exact) mass is 680 g/mol. The Morgan fingerprint density at radius 3 is 1.24 bits per heavy atom. The Labute approximate surface area is 296 Å². The molecule has 10 heteroatoms. The van der Waals surface area contributed by atoms with Crippen molar-refractivity contribution in [2.75, 3.05) is 0 Å². The third kappa shape index (κ3) is 7.30. The number of nitrogens with zero attached hydrogens (tertiary/aromatic N) is 4. The van der Waals surface area contributed by atoms with Gasteiger partial charge in [-0.3, -0.25) is 9.80 Å². The predicted octanol–water partition coefficient (Wildman–Crippen LogP) is 9.55. The zero-order valence-corrected chi connectivity index (χ0v) is 31.1. The van der Waals surface area contributed by atoms with Crippen LogP contribution in [0.3, 0.4) is 0 Å². The summed E-state index contributed by atoms with van der Waals surface area (Å²) in [6.45, 7) is 19.8. The maximum absolute atomic E-state index is 13.1. The Balaban J connectivity index is 1.14. The van der Waals surface area contributed by atoms with Crippen molar-refractivity contribution < 1.29 is 19.1 Å². The third-order valence-electron chi connectivity index (χ3n) is 10.1. The van der Waals surface area contributed by atoms with Crippen LogP contribution in [0.2, 0.25) is 0 Å². The molecule has 0 aliphatic carbocycles. The summed E-state index contributed by atoms with van der Waals surface area (Å²) >= 11 is 0. The van der Waals surface area contributed by atoms with Gasteiger partial charge in [0.25, 0.3) is 0 Å². The molecule has 2 amide bonds. The number of amides is 2. The van der Waals surface area contributed by atoms with Crippen molar-refractivity contribution in [3.63, 3.8) is 0 Å². The van der Waals surface area contributed by atoms with Gasteiger partial charge in [0.05, 0.1) is 35.9 Å². The van der Waals surface area contributed by atoms with E-state index in [0.29, 0.717) is 11.8 Å². The lowest BCUT2D eigenvalue weighted by atomic mass is 10.0. The highest BCUT2D eigenvalue weighted by Gasteiger charge is 2.44. The Bertz CT molecular complexity index is 1680. The lowest BCUT2D eigenvalue weighted by molar-refractivity contribution is 0.0130. The minimum absolute atomic E-state index is 0.0545. The number of rotatable bonds is 5. The lowest BCUT2D eigenvalue weighted by Crippen LogP contribution is -2.41. The van der Waals surface area contributed by atoms with Gasteiger partial charge in [-0.05, 0) is 102 Å². The first-order chi connectivity index (χ1) is 23.5. The number of ether oxygens (including phenoxy) is 2. The lowest BCUT2D eigenvalue weighted by Gasteiger charge is -2.31. The van der Waals surface area contributed by atoms with Crippen LogP contribution in [0.4, 0.5) is 9.59 Å². The SMILES string of the molecule is CC1CC(c2ncc(-c3ccc(-c4ccc(-c5cnc(C6CC(C)[C@H](C)N6C(=O)OC(C)(C)C)[nH]5)cc4)cc3)[nH]2)N(C(=O)OC(C)(C)C)C1C. The number of aromatic amines is 2. The molecule has 5 unspecified atom stereocenters. The highest BCUT2D eigenvalue weighted by atomic mass is 16.6. The van der Waals surface area contributed by atoms with E-state index in [0.717, 1.165) is 58.1 Å². The first kappa shape index (κ1) is 35.2. The maximum Gasteiger partial charge on any atom is 0.411 e. The summed E-state index contributed by atoms with van der Waals surface area (Å²) in [4.78, 5) is 46.4. The highest BCUT2D eigenvalue weighted by Crippen LogP contribution is 2.41. The van der Waals surface area contributed by atoms with Crippen molar-refractivity contribution in [3.8, 4) is 33.6 Å². The van der Waals surface area contributed by atoms with Crippen molar-refractivity contribution in [2.24, 2.45) is 11.8 Å². The van der Waals surface area contributed by atoms with Gasteiger partial charge in [0.15, 0.2) is 0 Å². The topological polar surface area (TPSA) is 116 Å². The molecule has 0 saturated carbocycles. The summed E-state index contributed by atoms with van der Waals surface area (Å²) in [5.41, 5.74) is 4.93. The zero-order chi connectivity index (χ0) is 36.1. The van der Waals surface area contributed by atoms with Crippen LogP contribution in [0, 0.1) is 11.8 Å². The summed E-state index contributed by atoms with van der Waals surface area (Å²) in [5, 5.41) is 0. The van der Waals surface area contributed by atoms with Crippen molar-refractivity contribution >= 4 is 12.2 Å². The van der Waals surface area contributed by atoms with E-state index < -0.39 is 11.2 Å². The molecule has 2 aromatic heterocycles. The fourth-order valence-corrected chi connectivity index (χ4v) is 7.13. The largest absolute Gasteiger partial charge is 0.444 e. The normalized spacial score (nSPS) is 24.1. The summed E-state index contributed by atoms with van der Waals surface area (Å²) in [5.74, 6) is 2.21.